The van der Waals surface area contributed by atoms with Crippen molar-refractivity contribution in [3.63, 3.8) is 0 Å². The molecular weight excluding hydrogens is 410 g/mol. The molecule has 0 saturated carbocycles. The van der Waals surface area contributed by atoms with Crippen LogP contribution in [0.3, 0.4) is 0 Å². The second-order valence-electron chi connectivity index (χ2n) is 7.91. The van der Waals surface area contributed by atoms with Gasteiger partial charge in [0.25, 0.3) is 5.91 Å². The number of aryl methyl sites for hydroxylation is 2. The standard InChI is InChI=1S/C22H29N7OS/c1-3-14-5-4-6-16(11-14)21-27-18(19(24)31-21)20(30)26-17-13-25-28(2)22(17)29-9-7-15(12-23)8-10-29/h4-6,11,13,15H,3,7-10,12,23-24H2,1-2H3,(H,26,30). The number of nitrogens with one attached hydrogen (secondary N) is 1. The summed E-state index contributed by atoms with van der Waals surface area (Å²) in [5.74, 6) is 1.13. The van der Waals surface area contributed by atoms with Crippen LogP contribution in [0, 0.1) is 5.92 Å². The average molecular weight is 440 g/mol. The number of carbonyl (C=O) groups is 1. The Kier molecular flexibility index (Phi) is 6.24. The molecule has 1 amide bonds. The van der Waals surface area contributed by atoms with Crippen molar-refractivity contribution in [1.29, 1.82) is 0 Å². The Labute approximate surface area is 186 Å². The molecule has 8 nitrogen and oxygen atoms in total. The number of hydrogen-bond acceptors (Lipinski definition) is 7. The topological polar surface area (TPSA) is 115 Å². The molecule has 9 heteroatoms. The lowest BCUT2D eigenvalue weighted by atomic mass is 9.97. The van der Waals surface area contributed by atoms with Gasteiger partial charge < -0.3 is 21.7 Å². The smallest absolute Gasteiger partial charge is 0.277 e. The molecule has 4 rings (SSSR count). The van der Waals surface area contributed by atoms with Gasteiger partial charge in [-0.15, -0.1) is 0 Å². The molecule has 1 aliphatic rings. The van der Waals surface area contributed by atoms with E-state index in [1.807, 2.05) is 19.2 Å². The van der Waals surface area contributed by atoms with Gasteiger partial charge in [-0.2, -0.15) is 5.10 Å². The Hall–Kier alpha value is -2.91. The molecule has 2 aromatic heterocycles. The molecule has 0 radical (unpaired) electrons. The van der Waals surface area contributed by atoms with Crippen molar-refractivity contribution in [2.24, 2.45) is 18.7 Å². The molecule has 0 spiro atoms. The number of nitrogens with two attached hydrogens (primary N) is 2. The highest BCUT2D eigenvalue weighted by atomic mass is 32.1. The second-order valence-corrected chi connectivity index (χ2v) is 8.94. The molecule has 164 valence electrons. The SMILES string of the molecule is CCc1cccc(-c2nc(C(=O)Nc3cnn(C)c3N3CCC(CN)CC3)c(N)s2)c1. The number of nitrogen functional groups attached to an aromatic ring is 1. The van der Waals surface area contributed by atoms with Gasteiger partial charge in [-0.3, -0.25) is 9.48 Å². The van der Waals surface area contributed by atoms with Crippen LogP contribution in [-0.4, -0.2) is 40.3 Å². The quantitative estimate of drug-likeness (QED) is 0.544. The van der Waals surface area contributed by atoms with Gasteiger partial charge in [-0.25, -0.2) is 4.98 Å². The normalized spacial score (nSPS) is 14.7. The summed E-state index contributed by atoms with van der Waals surface area (Å²) in [6.07, 6.45) is 4.69. The fourth-order valence-corrected chi connectivity index (χ4v) is 4.82. The highest BCUT2D eigenvalue weighted by Crippen LogP contribution is 2.33. The Morgan fingerprint density at radius 3 is 2.81 bits per heavy atom. The fourth-order valence-electron chi connectivity index (χ4n) is 4.00. The summed E-state index contributed by atoms with van der Waals surface area (Å²) < 4.78 is 1.80. The summed E-state index contributed by atoms with van der Waals surface area (Å²) in [5, 5.41) is 8.48. The lowest BCUT2D eigenvalue weighted by Gasteiger charge is -2.33. The van der Waals surface area contributed by atoms with E-state index in [2.05, 4.69) is 39.4 Å². The lowest BCUT2D eigenvalue weighted by Crippen LogP contribution is -2.37. The fraction of sp³-hybridized carbons (Fsp3) is 0.409. The first-order chi connectivity index (χ1) is 15.0. The van der Waals surface area contributed by atoms with Crippen molar-refractivity contribution in [3.8, 4) is 10.6 Å². The zero-order chi connectivity index (χ0) is 22.0. The first-order valence-corrected chi connectivity index (χ1v) is 11.5. The molecule has 1 saturated heterocycles. The van der Waals surface area contributed by atoms with Crippen LogP contribution in [-0.2, 0) is 13.5 Å². The maximum atomic E-state index is 13.0. The van der Waals surface area contributed by atoms with E-state index in [0.717, 1.165) is 55.3 Å². The Morgan fingerprint density at radius 1 is 1.32 bits per heavy atom. The minimum atomic E-state index is -0.322. The van der Waals surface area contributed by atoms with Gasteiger partial charge in [0.2, 0.25) is 0 Å². The van der Waals surface area contributed by atoms with Gasteiger partial charge in [0.1, 0.15) is 15.7 Å². The number of piperidine rings is 1. The molecule has 0 atom stereocenters. The van der Waals surface area contributed by atoms with Gasteiger partial charge in [0, 0.05) is 25.7 Å². The first-order valence-electron chi connectivity index (χ1n) is 10.6. The van der Waals surface area contributed by atoms with E-state index in [4.69, 9.17) is 11.5 Å². The lowest BCUT2D eigenvalue weighted by molar-refractivity contribution is 0.102. The number of nitrogens with zero attached hydrogens (tertiary/aromatic N) is 4. The third kappa shape index (κ3) is 4.42. The van der Waals surface area contributed by atoms with E-state index in [0.29, 0.717) is 16.6 Å². The number of amides is 1. The number of aromatic nitrogens is 3. The number of anilines is 3. The first kappa shape index (κ1) is 21.3. The molecule has 0 bridgehead atoms. The van der Waals surface area contributed by atoms with Gasteiger partial charge >= 0.3 is 0 Å². The van der Waals surface area contributed by atoms with Crippen LogP contribution < -0.4 is 21.7 Å². The van der Waals surface area contributed by atoms with Gasteiger partial charge in [-0.1, -0.05) is 36.5 Å². The van der Waals surface area contributed by atoms with E-state index in [-0.39, 0.29) is 11.6 Å². The van der Waals surface area contributed by atoms with Crippen molar-refractivity contribution < 1.29 is 4.79 Å². The van der Waals surface area contributed by atoms with E-state index >= 15 is 0 Å². The van der Waals surface area contributed by atoms with E-state index in [1.165, 1.54) is 16.9 Å². The highest BCUT2D eigenvalue weighted by Gasteiger charge is 2.25. The summed E-state index contributed by atoms with van der Waals surface area (Å²) in [4.78, 5) is 19.8. The van der Waals surface area contributed by atoms with Crippen LogP contribution in [0.25, 0.3) is 10.6 Å². The molecule has 31 heavy (non-hydrogen) atoms. The molecule has 1 aromatic carbocycles. The number of hydrogen-bond donors (Lipinski definition) is 3. The van der Waals surface area contributed by atoms with Crippen molar-refractivity contribution >= 4 is 33.8 Å². The molecule has 3 heterocycles. The molecule has 0 aliphatic carbocycles. The highest BCUT2D eigenvalue weighted by molar-refractivity contribution is 7.19. The molecule has 5 N–H and O–H groups in total. The van der Waals surface area contributed by atoms with Crippen molar-refractivity contribution in [3.05, 3.63) is 41.7 Å². The molecule has 0 unspecified atom stereocenters. The largest absolute Gasteiger partial charge is 0.389 e. The van der Waals surface area contributed by atoms with Crippen LogP contribution >= 0.6 is 11.3 Å². The maximum absolute atomic E-state index is 13.0. The van der Waals surface area contributed by atoms with E-state index < -0.39 is 0 Å². The summed E-state index contributed by atoms with van der Waals surface area (Å²) >= 11 is 1.33. The minimum Gasteiger partial charge on any atom is -0.389 e. The van der Waals surface area contributed by atoms with Gasteiger partial charge in [0.05, 0.1) is 6.20 Å². The average Bonchev–Trinajstić information content (AvgIpc) is 3.36. The van der Waals surface area contributed by atoms with Crippen LogP contribution in [0.15, 0.2) is 30.5 Å². The number of thiazole rings is 1. The van der Waals surface area contributed by atoms with Crippen molar-refractivity contribution in [1.82, 2.24) is 14.8 Å². The summed E-state index contributed by atoms with van der Waals surface area (Å²) in [7, 11) is 1.88. The zero-order valence-electron chi connectivity index (χ0n) is 18.0. The molecular formula is C22H29N7OS. The third-order valence-corrected chi connectivity index (χ3v) is 6.79. The summed E-state index contributed by atoms with van der Waals surface area (Å²) in [5.41, 5.74) is 15.1. The molecule has 1 fully saturated rings. The number of rotatable bonds is 6. The van der Waals surface area contributed by atoms with E-state index in [1.54, 1.807) is 10.9 Å². The monoisotopic (exact) mass is 439 g/mol. The van der Waals surface area contributed by atoms with Crippen LogP contribution in [0.1, 0.15) is 35.8 Å². The summed E-state index contributed by atoms with van der Waals surface area (Å²) in [6, 6.07) is 8.16. The van der Waals surface area contributed by atoms with Crippen LogP contribution in [0.2, 0.25) is 0 Å². The Morgan fingerprint density at radius 2 is 2.10 bits per heavy atom. The predicted octanol–water partition coefficient (Wildman–Crippen LogP) is 3.12. The predicted molar refractivity (Wildman–Crippen MR) is 126 cm³/mol. The number of benzene rings is 1. The zero-order valence-corrected chi connectivity index (χ0v) is 18.8. The Bertz CT molecular complexity index is 1070. The summed E-state index contributed by atoms with van der Waals surface area (Å²) in [6.45, 7) is 4.61. The van der Waals surface area contributed by atoms with Crippen LogP contribution in [0.5, 0.6) is 0 Å². The third-order valence-electron chi connectivity index (χ3n) is 5.85. The molecule has 1 aliphatic heterocycles. The molecule has 3 aromatic rings. The van der Waals surface area contributed by atoms with Crippen LogP contribution in [0.4, 0.5) is 16.5 Å². The minimum absolute atomic E-state index is 0.249. The maximum Gasteiger partial charge on any atom is 0.277 e. The van der Waals surface area contributed by atoms with Crippen molar-refractivity contribution in [2.45, 2.75) is 26.2 Å². The van der Waals surface area contributed by atoms with Gasteiger partial charge in [0.15, 0.2) is 11.5 Å². The van der Waals surface area contributed by atoms with Crippen molar-refractivity contribution in [2.75, 3.05) is 35.6 Å². The second kappa shape index (κ2) is 9.07. The number of carbonyl (C=O) groups excluding carboxylic acids is 1. The Balaban J connectivity index is 1.54. The van der Waals surface area contributed by atoms with Gasteiger partial charge in [-0.05, 0) is 43.4 Å². The van der Waals surface area contributed by atoms with E-state index in [9.17, 15) is 4.79 Å².